The highest BCUT2D eigenvalue weighted by molar-refractivity contribution is 5.50. The first-order chi connectivity index (χ1) is 11.8. The van der Waals surface area contributed by atoms with Crippen molar-refractivity contribution in [3.05, 3.63) is 47.2 Å². The van der Waals surface area contributed by atoms with E-state index in [4.69, 9.17) is 9.97 Å². The Kier molecular flexibility index (Phi) is 3.25. The van der Waals surface area contributed by atoms with Crippen LogP contribution in [-0.2, 0) is 13.0 Å². The van der Waals surface area contributed by atoms with Crippen LogP contribution in [0.15, 0.2) is 30.3 Å². The van der Waals surface area contributed by atoms with Crippen LogP contribution < -0.4 is 10.2 Å². The molecule has 0 amide bonds. The highest BCUT2D eigenvalue weighted by Crippen LogP contribution is 2.41. The first-order valence-electron chi connectivity index (χ1n) is 9.25. The maximum absolute atomic E-state index is 4.87. The second-order valence-electron chi connectivity index (χ2n) is 7.62. The summed E-state index contributed by atoms with van der Waals surface area (Å²) in [7, 11) is 0. The number of fused-ring (bicyclic) bond motifs is 1. The first-order valence-corrected chi connectivity index (χ1v) is 9.25. The number of hydrogen-bond acceptors (Lipinski definition) is 4. The van der Waals surface area contributed by atoms with Crippen molar-refractivity contribution in [2.75, 3.05) is 10.2 Å². The van der Waals surface area contributed by atoms with Crippen molar-refractivity contribution in [3.63, 3.8) is 0 Å². The highest BCUT2D eigenvalue weighted by Gasteiger charge is 2.30. The van der Waals surface area contributed by atoms with E-state index in [0.717, 1.165) is 24.7 Å². The fraction of sp³-hybridized carbons (Fsp3) is 0.500. The Balaban J connectivity index is 1.49. The molecule has 1 atom stereocenters. The monoisotopic (exact) mass is 320 g/mol. The van der Waals surface area contributed by atoms with E-state index in [2.05, 4.69) is 47.5 Å². The lowest BCUT2D eigenvalue weighted by Crippen LogP contribution is -2.39. The lowest BCUT2D eigenvalue weighted by atomic mass is 9.95. The zero-order chi connectivity index (χ0) is 16.1. The zero-order valence-electron chi connectivity index (χ0n) is 14.2. The maximum Gasteiger partial charge on any atom is 0.225 e. The van der Waals surface area contributed by atoms with Crippen LogP contribution in [-0.4, -0.2) is 22.1 Å². The molecular formula is C20H24N4. The molecule has 0 unspecified atom stereocenters. The van der Waals surface area contributed by atoms with Crippen LogP contribution in [0.2, 0.25) is 0 Å². The molecule has 5 rings (SSSR count). The Morgan fingerprint density at radius 3 is 2.58 bits per heavy atom. The topological polar surface area (TPSA) is 41.1 Å². The second-order valence-corrected chi connectivity index (χ2v) is 7.62. The van der Waals surface area contributed by atoms with Gasteiger partial charge in [0.1, 0.15) is 5.82 Å². The van der Waals surface area contributed by atoms with E-state index in [1.54, 1.807) is 0 Å². The van der Waals surface area contributed by atoms with E-state index in [1.807, 2.05) is 0 Å². The van der Waals surface area contributed by atoms with E-state index >= 15 is 0 Å². The molecule has 1 N–H and O–H groups in total. The normalized spacial score (nSPS) is 23.0. The zero-order valence-corrected chi connectivity index (χ0v) is 14.2. The van der Waals surface area contributed by atoms with Crippen molar-refractivity contribution < 1.29 is 0 Å². The van der Waals surface area contributed by atoms with Crippen molar-refractivity contribution in [1.82, 2.24) is 9.97 Å². The summed E-state index contributed by atoms with van der Waals surface area (Å²) in [5, 5.41) is 3.50. The van der Waals surface area contributed by atoms with Gasteiger partial charge in [0, 0.05) is 30.6 Å². The summed E-state index contributed by atoms with van der Waals surface area (Å²) in [4.78, 5) is 12.1. The SMILES string of the molecule is C[C@@H]1Cc2ccccc2CN1c1cc(C2CC2)nc(NC2CC2)n1. The fourth-order valence-corrected chi connectivity index (χ4v) is 3.65. The quantitative estimate of drug-likeness (QED) is 0.928. The summed E-state index contributed by atoms with van der Waals surface area (Å²) < 4.78 is 0. The first kappa shape index (κ1) is 14.3. The van der Waals surface area contributed by atoms with Crippen LogP contribution in [0.3, 0.4) is 0 Å². The number of rotatable bonds is 4. The van der Waals surface area contributed by atoms with Crippen LogP contribution in [0, 0.1) is 0 Å². The van der Waals surface area contributed by atoms with Gasteiger partial charge in [-0.05, 0) is 50.2 Å². The van der Waals surface area contributed by atoms with Gasteiger partial charge in [-0.25, -0.2) is 4.98 Å². The van der Waals surface area contributed by atoms with E-state index in [0.29, 0.717) is 18.0 Å². The summed E-state index contributed by atoms with van der Waals surface area (Å²) in [6.07, 6.45) is 6.14. The Labute approximate surface area is 143 Å². The molecule has 0 radical (unpaired) electrons. The van der Waals surface area contributed by atoms with Crippen LogP contribution >= 0.6 is 0 Å². The molecule has 1 aromatic heterocycles. The Morgan fingerprint density at radius 2 is 1.83 bits per heavy atom. The summed E-state index contributed by atoms with van der Waals surface area (Å²) in [5.41, 5.74) is 4.14. The van der Waals surface area contributed by atoms with Gasteiger partial charge in [0.05, 0.1) is 5.69 Å². The molecule has 4 heteroatoms. The molecule has 2 saturated carbocycles. The van der Waals surface area contributed by atoms with Gasteiger partial charge in [0.2, 0.25) is 5.95 Å². The number of hydrogen-bond donors (Lipinski definition) is 1. The minimum absolute atomic E-state index is 0.468. The molecule has 3 aliphatic rings. The summed E-state index contributed by atoms with van der Waals surface area (Å²) >= 11 is 0. The van der Waals surface area contributed by atoms with E-state index in [-0.39, 0.29) is 0 Å². The standard InChI is InChI=1S/C20H24N4/c1-13-10-15-4-2-3-5-16(15)12-24(13)19-11-18(14-6-7-14)22-20(23-19)21-17-8-9-17/h2-5,11,13-14,17H,6-10,12H2,1H3,(H,21,22,23)/t13-/m1/s1. The molecule has 0 spiro atoms. The third-order valence-electron chi connectivity index (χ3n) is 5.44. The molecule has 124 valence electrons. The predicted octanol–water partition coefficient (Wildman–Crippen LogP) is 3.88. The van der Waals surface area contributed by atoms with Crippen molar-refractivity contribution >= 4 is 11.8 Å². The van der Waals surface area contributed by atoms with Crippen molar-refractivity contribution in [1.29, 1.82) is 0 Å². The molecule has 1 aliphatic heterocycles. The minimum Gasteiger partial charge on any atom is -0.351 e. The van der Waals surface area contributed by atoms with E-state index in [9.17, 15) is 0 Å². The Bertz CT molecular complexity index is 764. The second kappa shape index (κ2) is 5.47. The molecule has 2 aromatic rings. The van der Waals surface area contributed by atoms with Gasteiger partial charge in [0.25, 0.3) is 0 Å². The molecule has 0 saturated heterocycles. The summed E-state index contributed by atoms with van der Waals surface area (Å²) in [5.74, 6) is 2.58. The average molecular weight is 320 g/mol. The van der Waals surface area contributed by atoms with Gasteiger partial charge in [-0.2, -0.15) is 4.98 Å². The van der Waals surface area contributed by atoms with Crippen LogP contribution in [0.1, 0.15) is 55.3 Å². The van der Waals surface area contributed by atoms with Gasteiger partial charge in [0.15, 0.2) is 0 Å². The van der Waals surface area contributed by atoms with E-state index < -0.39 is 0 Å². The number of nitrogens with one attached hydrogen (secondary N) is 1. The highest BCUT2D eigenvalue weighted by atomic mass is 15.3. The predicted molar refractivity (Wildman–Crippen MR) is 96.4 cm³/mol. The molecule has 1 aromatic carbocycles. The molecule has 2 heterocycles. The van der Waals surface area contributed by atoms with Gasteiger partial charge in [-0.3, -0.25) is 0 Å². The molecule has 2 aliphatic carbocycles. The number of aromatic nitrogens is 2. The van der Waals surface area contributed by atoms with E-state index in [1.165, 1.54) is 42.5 Å². The van der Waals surface area contributed by atoms with Crippen molar-refractivity contribution in [2.24, 2.45) is 0 Å². The molecular weight excluding hydrogens is 296 g/mol. The number of benzene rings is 1. The van der Waals surface area contributed by atoms with Crippen LogP contribution in [0.4, 0.5) is 11.8 Å². The van der Waals surface area contributed by atoms with Crippen LogP contribution in [0.25, 0.3) is 0 Å². The Hall–Kier alpha value is -2.10. The third-order valence-corrected chi connectivity index (χ3v) is 5.44. The van der Waals surface area contributed by atoms with Gasteiger partial charge < -0.3 is 10.2 Å². The van der Waals surface area contributed by atoms with Crippen molar-refractivity contribution in [3.8, 4) is 0 Å². The van der Waals surface area contributed by atoms with Gasteiger partial charge in [-0.15, -0.1) is 0 Å². The lowest BCUT2D eigenvalue weighted by Gasteiger charge is -2.36. The minimum atomic E-state index is 0.468. The molecule has 4 nitrogen and oxygen atoms in total. The molecule has 0 bridgehead atoms. The molecule has 2 fully saturated rings. The maximum atomic E-state index is 4.87. The number of nitrogens with zero attached hydrogens (tertiary/aromatic N) is 3. The Morgan fingerprint density at radius 1 is 1.04 bits per heavy atom. The van der Waals surface area contributed by atoms with Gasteiger partial charge >= 0.3 is 0 Å². The lowest BCUT2D eigenvalue weighted by molar-refractivity contribution is 0.586. The largest absolute Gasteiger partial charge is 0.351 e. The fourth-order valence-electron chi connectivity index (χ4n) is 3.65. The molecule has 24 heavy (non-hydrogen) atoms. The summed E-state index contributed by atoms with van der Waals surface area (Å²) in [6.45, 7) is 3.25. The summed E-state index contributed by atoms with van der Waals surface area (Å²) in [6, 6.07) is 12.1. The third kappa shape index (κ3) is 2.74. The smallest absolute Gasteiger partial charge is 0.225 e. The van der Waals surface area contributed by atoms with Crippen LogP contribution in [0.5, 0.6) is 0 Å². The number of anilines is 2. The van der Waals surface area contributed by atoms with Gasteiger partial charge in [-0.1, -0.05) is 24.3 Å². The average Bonchev–Trinajstić information content (AvgIpc) is 3.47. The van der Waals surface area contributed by atoms with Crippen molar-refractivity contribution in [2.45, 2.75) is 63.6 Å².